The Morgan fingerprint density at radius 3 is 1.43 bits per heavy atom. The van der Waals surface area contributed by atoms with Gasteiger partial charge in [-0.05, 0) is 13.0 Å². The topological polar surface area (TPSA) is 358 Å². The maximum atomic E-state index is 11.8. The van der Waals surface area contributed by atoms with E-state index in [1.54, 1.807) is 0 Å². The van der Waals surface area contributed by atoms with Crippen molar-refractivity contribution in [1.82, 2.24) is 10.6 Å². The second kappa shape index (κ2) is 23.9. The van der Waals surface area contributed by atoms with E-state index in [1.807, 2.05) is 0 Å². The number of nitrogens with two attached hydrogens (primary N) is 1. The van der Waals surface area contributed by atoms with Crippen molar-refractivity contribution in [3.63, 3.8) is 0 Å². The summed E-state index contributed by atoms with van der Waals surface area (Å²) in [5, 5.41) is 139. The molecule has 15 atom stereocenters. The lowest BCUT2D eigenvalue weighted by Gasteiger charge is -2.38. The summed E-state index contributed by atoms with van der Waals surface area (Å²) in [7, 11) is 0. The number of aliphatic hydroxyl groups excluding tert-OH is 13. The first-order chi connectivity index (χ1) is 22.0. The van der Waals surface area contributed by atoms with Crippen molar-refractivity contribution >= 4 is 6.03 Å². The van der Waals surface area contributed by atoms with Crippen LogP contribution in [0.1, 0.15) is 27.2 Å². The van der Waals surface area contributed by atoms with Crippen molar-refractivity contribution in [2.24, 2.45) is 23.5 Å². The fraction of sp³-hybridized carbons (Fsp3) is 0.963. The SMILES string of the molecule is CC(CO)C(O)C(O)C(O)C(O)OC(C(O)OC(C(O)OCCNC(=O)NCCCN)C(O)C(O)C(C)CO)C(O)C(O)C(C)CO. The summed E-state index contributed by atoms with van der Waals surface area (Å²) in [5.74, 6) is -3.08. The molecule has 15 unspecified atom stereocenters. The molecule has 20 heteroatoms. The standard InChI is InChI=1S/C27H57N3O17/c1-12(9-31)15(34)18(37)21(40)24(41)46-23(20(39)17(36)14(3)11-33)26(43)47-22(19(38)16(35)13(2)10-32)25(42)45-8-7-30-27(44)29-6-4-5-28/h12-26,31-43H,4-11,28H2,1-3H3,(H2,29,30,44). The second-order valence-corrected chi connectivity index (χ2v) is 11.5. The summed E-state index contributed by atoms with van der Waals surface area (Å²) < 4.78 is 15.6. The van der Waals surface area contributed by atoms with E-state index in [2.05, 4.69) is 10.6 Å². The van der Waals surface area contributed by atoms with Crippen LogP contribution in [0.15, 0.2) is 0 Å². The van der Waals surface area contributed by atoms with Crippen molar-refractivity contribution in [3.05, 3.63) is 0 Å². The van der Waals surface area contributed by atoms with Gasteiger partial charge in [0.15, 0.2) is 18.9 Å². The Hall–Kier alpha value is -1.41. The van der Waals surface area contributed by atoms with Gasteiger partial charge in [-0.15, -0.1) is 0 Å². The zero-order valence-corrected chi connectivity index (χ0v) is 26.8. The third-order valence-corrected chi connectivity index (χ3v) is 7.48. The van der Waals surface area contributed by atoms with Crippen molar-refractivity contribution in [1.29, 1.82) is 0 Å². The van der Waals surface area contributed by atoms with Crippen molar-refractivity contribution in [2.45, 2.75) is 101 Å². The predicted octanol–water partition coefficient (Wildman–Crippen LogP) is -7.21. The molecule has 47 heavy (non-hydrogen) atoms. The molecule has 0 rings (SSSR count). The van der Waals surface area contributed by atoms with Crippen LogP contribution in [0.4, 0.5) is 4.79 Å². The minimum absolute atomic E-state index is 0.185. The van der Waals surface area contributed by atoms with Gasteiger partial charge in [0.25, 0.3) is 0 Å². The number of ether oxygens (including phenoxy) is 3. The van der Waals surface area contributed by atoms with Crippen LogP contribution in [0.3, 0.4) is 0 Å². The van der Waals surface area contributed by atoms with Gasteiger partial charge in [0.05, 0.1) is 24.9 Å². The maximum Gasteiger partial charge on any atom is 0.314 e. The first-order valence-corrected chi connectivity index (χ1v) is 15.3. The first-order valence-electron chi connectivity index (χ1n) is 15.3. The molecule has 282 valence electrons. The Balaban J connectivity index is 6.11. The summed E-state index contributed by atoms with van der Waals surface area (Å²) in [6.07, 6.45) is -25.5. The van der Waals surface area contributed by atoms with E-state index in [4.69, 9.17) is 19.9 Å². The van der Waals surface area contributed by atoms with Gasteiger partial charge in [0.2, 0.25) is 0 Å². The fourth-order valence-corrected chi connectivity index (χ4v) is 4.01. The summed E-state index contributed by atoms with van der Waals surface area (Å²) in [4.78, 5) is 11.8. The maximum absolute atomic E-state index is 11.8. The predicted molar refractivity (Wildman–Crippen MR) is 160 cm³/mol. The van der Waals surface area contributed by atoms with E-state index in [0.717, 1.165) is 0 Å². The van der Waals surface area contributed by atoms with Crippen LogP contribution in [-0.2, 0) is 14.2 Å². The number of urea groups is 1. The Labute approximate surface area is 272 Å². The molecule has 2 amide bonds. The number of carbonyl (C=O) groups is 1. The molecule has 0 aromatic rings. The molecular weight excluding hydrogens is 638 g/mol. The highest BCUT2D eigenvalue weighted by molar-refractivity contribution is 5.73. The molecule has 0 saturated heterocycles. The number of rotatable bonds is 26. The van der Waals surface area contributed by atoms with Crippen LogP contribution in [0, 0.1) is 17.8 Å². The Kier molecular flexibility index (Phi) is 23.1. The molecule has 0 aromatic heterocycles. The number of aliphatic hydroxyl groups is 13. The summed E-state index contributed by atoms with van der Waals surface area (Å²) in [6.45, 7) is 2.01. The summed E-state index contributed by atoms with van der Waals surface area (Å²) in [5.41, 5.74) is 5.35. The quantitative estimate of drug-likeness (QED) is 0.0295. The molecule has 0 aliphatic carbocycles. The van der Waals surface area contributed by atoms with E-state index < -0.39 is 124 Å². The van der Waals surface area contributed by atoms with E-state index in [0.29, 0.717) is 19.5 Å². The number of hydrogen-bond donors (Lipinski definition) is 16. The monoisotopic (exact) mass is 695 g/mol. The molecule has 0 aliphatic heterocycles. The minimum Gasteiger partial charge on any atom is -0.396 e. The fourth-order valence-electron chi connectivity index (χ4n) is 4.01. The number of carbonyl (C=O) groups excluding carboxylic acids is 1. The van der Waals surface area contributed by atoms with Crippen molar-refractivity contribution in [3.8, 4) is 0 Å². The third-order valence-electron chi connectivity index (χ3n) is 7.48. The molecule has 0 aliphatic rings. The van der Waals surface area contributed by atoms with Crippen LogP contribution in [0.2, 0.25) is 0 Å². The number of nitrogens with one attached hydrogen (secondary N) is 2. The third kappa shape index (κ3) is 15.3. The molecule has 0 radical (unpaired) electrons. The van der Waals surface area contributed by atoms with Gasteiger partial charge in [-0.3, -0.25) is 0 Å². The molecular formula is C27H57N3O17. The van der Waals surface area contributed by atoms with E-state index in [-0.39, 0.29) is 6.54 Å². The van der Waals surface area contributed by atoms with E-state index in [1.165, 1.54) is 20.8 Å². The Morgan fingerprint density at radius 2 is 0.979 bits per heavy atom. The molecule has 0 fully saturated rings. The molecule has 17 N–H and O–H groups in total. The highest BCUT2D eigenvalue weighted by Crippen LogP contribution is 2.24. The van der Waals surface area contributed by atoms with Gasteiger partial charge in [0.1, 0.15) is 36.6 Å². The van der Waals surface area contributed by atoms with Crippen LogP contribution < -0.4 is 16.4 Å². The van der Waals surface area contributed by atoms with E-state index in [9.17, 15) is 71.2 Å². The number of hydrogen-bond acceptors (Lipinski definition) is 18. The van der Waals surface area contributed by atoms with Gasteiger partial charge in [0, 0.05) is 50.7 Å². The van der Waals surface area contributed by atoms with Crippen LogP contribution in [0.25, 0.3) is 0 Å². The zero-order chi connectivity index (χ0) is 36.4. The van der Waals surface area contributed by atoms with Gasteiger partial charge in [-0.2, -0.15) is 0 Å². The molecule has 20 nitrogen and oxygen atoms in total. The second-order valence-electron chi connectivity index (χ2n) is 11.5. The molecule has 0 heterocycles. The highest BCUT2D eigenvalue weighted by Gasteiger charge is 2.44. The van der Waals surface area contributed by atoms with Crippen LogP contribution >= 0.6 is 0 Å². The number of amides is 2. The van der Waals surface area contributed by atoms with Gasteiger partial charge in [-0.1, -0.05) is 20.8 Å². The molecule has 0 bridgehead atoms. The van der Waals surface area contributed by atoms with Crippen LogP contribution in [-0.4, -0.2) is 192 Å². The lowest BCUT2D eigenvalue weighted by atomic mass is 9.95. The average molecular weight is 696 g/mol. The van der Waals surface area contributed by atoms with Crippen molar-refractivity contribution < 1.29 is 85.4 Å². The highest BCUT2D eigenvalue weighted by atomic mass is 16.7. The molecule has 0 saturated carbocycles. The Bertz CT molecular complexity index is 822. The average Bonchev–Trinajstić information content (AvgIpc) is 3.07. The minimum atomic E-state index is -2.55. The smallest absolute Gasteiger partial charge is 0.314 e. The molecule has 0 aromatic carbocycles. The summed E-state index contributed by atoms with van der Waals surface area (Å²) >= 11 is 0. The summed E-state index contributed by atoms with van der Waals surface area (Å²) in [6, 6.07) is -0.583. The van der Waals surface area contributed by atoms with Gasteiger partial charge in [-0.25, -0.2) is 4.79 Å². The zero-order valence-electron chi connectivity index (χ0n) is 26.8. The first kappa shape index (κ1) is 45.6. The lowest BCUT2D eigenvalue weighted by Crippen LogP contribution is -2.57. The van der Waals surface area contributed by atoms with Gasteiger partial charge >= 0.3 is 6.03 Å². The van der Waals surface area contributed by atoms with Crippen molar-refractivity contribution in [2.75, 3.05) is 46.1 Å². The van der Waals surface area contributed by atoms with Gasteiger partial charge < -0.3 is 97.0 Å². The van der Waals surface area contributed by atoms with Crippen LogP contribution in [0.5, 0.6) is 0 Å². The Morgan fingerprint density at radius 1 is 0.574 bits per heavy atom. The lowest BCUT2D eigenvalue weighted by molar-refractivity contribution is -0.322. The molecule has 0 spiro atoms. The normalized spacial score (nSPS) is 21.9. The van der Waals surface area contributed by atoms with E-state index >= 15 is 0 Å². The largest absolute Gasteiger partial charge is 0.396 e.